The molecule has 0 saturated carbocycles. The zero-order valence-electron chi connectivity index (χ0n) is 10.5. The average Bonchev–Trinajstić information content (AvgIpc) is 2.86. The Labute approximate surface area is 109 Å². The Bertz CT molecular complexity index is 521. The van der Waals surface area contributed by atoms with Gasteiger partial charge in [-0.15, -0.1) is 15.3 Å². The van der Waals surface area contributed by atoms with Crippen LogP contribution < -0.4 is 4.90 Å². The third kappa shape index (κ3) is 3.07. The molecule has 1 unspecified atom stereocenters. The normalized spacial score (nSPS) is 12.8. The summed E-state index contributed by atoms with van der Waals surface area (Å²) in [6, 6.07) is 5.65. The van der Waals surface area contributed by atoms with E-state index < -0.39 is 0 Å². The summed E-state index contributed by atoms with van der Waals surface area (Å²) in [5.74, 6) is 0. The Morgan fingerprint density at radius 3 is 2.72 bits per heavy atom. The zero-order chi connectivity index (χ0) is 13.0. The van der Waals surface area contributed by atoms with Gasteiger partial charge < -0.3 is 4.90 Å². The molecule has 6 nitrogen and oxygen atoms in total. The number of anilines is 1. The Morgan fingerprint density at radius 1 is 1.28 bits per heavy atom. The van der Waals surface area contributed by atoms with Crippen LogP contribution in [0.3, 0.4) is 0 Å². The zero-order valence-corrected chi connectivity index (χ0v) is 11.3. The first-order chi connectivity index (χ1) is 8.66. The van der Waals surface area contributed by atoms with Crippen molar-refractivity contribution in [1.29, 1.82) is 0 Å². The van der Waals surface area contributed by atoms with Crippen LogP contribution in [0.2, 0.25) is 0 Å². The third-order valence-electron chi connectivity index (χ3n) is 2.22. The molecule has 0 spiro atoms. The first-order valence-electron chi connectivity index (χ1n) is 5.49. The summed E-state index contributed by atoms with van der Waals surface area (Å²) < 4.78 is 0. The van der Waals surface area contributed by atoms with E-state index in [1.165, 1.54) is 11.3 Å². The van der Waals surface area contributed by atoms with Gasteiger partial charge in [0.05, 0.1) is 5.69 Å². The van der Waals surface area contributed by atoms with Gasteiger partial charge in [-0.3, -0.25) is 4.98 Å². The lowest BCUT2D eigenvalue weighted by molar-refractivity contribution is 0.733. The van der Waals surface area contributed by atoms with Crippen LogP contribution in [0, 0.1) is 0 Å². The van der Waals surface area contributed by atoms with E-state index in [2.05, 4.69) is 25.4 Å². The van der Waals surface area contributed by atoms with Gasteiger partial charge in [0.1, 0.15) is 6.04 Å². The standard InChI is InChI=1S/C11H14N6S/c1-8(9-6-4-5-7-12-9)13-14-10-15-16-11(18-10)17(2)3/h4-8H,1-3H3. The lowest BCUT2D eigenvalue weighted by atomic mass is 10.2. The molecule has 94 valence electrons. The van der Waals surface area contributed by atoms with E-state index in [-0.39, 0.29) is 6.04 Å². The number of pyridine rings is 1. The maximum absolute atomic E-state index is 4.23. The fraction of sp³-hybridized carbons (Fsp3) is 0.364. The molecule has 0 aliphatic carbocycles. The van der Waals surface area contributed by atoms with Crippen molar-refractivity contribution in [1.82, 2.24) is 15.2 Å². The van der Waals surface area contributed by atoms with Crippen molar-refractivity contribution in [3.63, 3.8) is 0 Å². The molecule has 7 heteroatoms. The molecular weight excluding hydrogens is 248 g/mol. The summed E-state index contributed by atoms with van der Waals surface area (Å²) in [5.41, 5.74) is 0.888. The van der Waals surface area contributed by atoms with Crippen molar-refractivity contribution in [2.75, 3.05) is 19.0 Å². The van der Waals surface area contributed by atoms with E-state index in [1.54, 1.807) is 6.20 Å². The van der Waals surface area contributed by atoms with Gasteiger partial charge in [-0.2, -0.15) is 5.11 Å². The lowest BCUT2D eigenvalue weighted by Gasteiger charge is -2.03. The highest BCUT2D eigenvalue weighted by Crippen LogP contribution is 2.26. The highest BCUT2D eigenvalue weighted by atomic mass is 32.1. The van der Waals surface area contributed by atoms with Gasteiger partial charge >= 0.3 is 0 Å². The van der Waals surface area contributed by atoms with E-state index in [9.17, 15) is 0 Å². The van der Waals surface area contributed by atoms with Crippen LogP contribution in [0.5, 0.6) is 0 Å². The minimum absolute atomic E-state index is 0.0853. The first-order valence-corrected chi connectivity index (χ1v) is 6.31. The third-order valence-corrected chi connectivity index (χ3v) is 3.19. The van der Waals surface area contributed by atoms with Crippen LogP contribution in [0.4, 0.5) is 10.3 Å². The van der Waals surface area contributed by atoms with Crippen molar-refractivity contribution in [3.8, 4) is 0 Å². The smallest absolute Gasteiger partial charge is 0.253 e. The van der Waals surface area contributed by atoms with E-state index >= 15 is 0 Å². The Balaban J connectivity index is 2.06. The molecule has 0 aliphatic rings. The Hall–Kier alpha value is -1.89. The lowest BCUT2D eigenvalue weighted by Crippen LogP contribution is -2.07. The number of nitrogens with zero attached hydrogens (tertiary/aromatic N) is 6. The van der Waals surface area contributed by atoms with Crippen LogP contribution in [0.25, 0.3) is 0 Å². The Kier molecular flexibility index (Phi) is 3.93. The molecule has 0 bridgehead atoms. The molecule has 2 rings (SSSR count). The van der Waals surface area contributed by atoms with Gasteiger partial charge in [0, 0.05) is 20.3 Å². The van der Waals surface area contributed by atoms with E-state index in [4.69, 9.17) is 0 Å². The summed E-state index contributed by atoms with van der Waals surface area (Å²) in [6.07, 6.45) is 1.75. The first kappa shape index (κ1) is 12.6. The number of hydrogen-bond acceptors (Lipinski definition) is 7. The largest absolute Gasteiger partial charge is 0.353 e. The average molecular weight is 262 g/mol. The molecule has 2 aromatic heterocycles. The van der Waals surface area contributed by atoms with Crippen LogP contribution >= 0.6 is 11.3 Å². The summed E-state index contributed by atoms with van der Waals surface area (Å²) in [6.45, 7) is 1.94. The predicted molar refractivity (Wildman–Crippen MR) is 71.4 cm³/mol. The van der Waals surface area contributed by atoms with Gasteiger partial charge in [0.15, 0.2) is 0 Å². The molecule has 0 saturated heterocycles. The molecule has 1 atom stereocenters. The van der Waals surface area contributed by atoms with Crippen molar-refractivity contribution in [3.05, 3.63) is 30.1 Å². The molecule has 2 heterocycles. The van der Waals surface area contributed by atoms with Crippen molar-refractivity contribution < 1.29 is 0 Å². The predicted octanol–water partition coefficient (Wildman–Crippen LogP) is 2.84. The fourth-order valence-corrected chi connectivity index (χ4v) is 1.84. The molecule has 0 N–H and O–H groups in total. The quantitative estimate of drug-likeness (QED) is 0.795. The number of aromatic nitrogens is 3. The van der Waals surface area contributed by atoms with Crippen molar-refractivity contribution >= 4 is 21.6 Å². The van der Waals surface area contributed by atoms with Crippen molar-refractivity contribution in [2.24, 2.45) is 10.2 Å². The second-order valence-corrected chi connectivity index (χ2v) is 4.84. The van der Waals surface area contributed by atoms with E-state index in [0.717, 1.165) is 10.8 Å². The second-order valence-electron chi connectivity index (χ2n) is 3.91. The summed E-state index contributed by atoms with van der Waals surface area (Å²) in [4.78, 5) is 6.12. The van der Waals surface area contributed by atoms with Gasteiger partial charge in [-0.05, 0) is 19.1 Å². The fourth-order valence-electron chi connectivity index (χ4n) is 1.25. The van der Waals surface area contributed by atoms with Crippen LogP contribution in [0.15, 0.2) is 34.6 Å². The molecule has 0 amide bonds. The maximum atomic E-state index is 4.23. The van der Waals surface area contributed by atoms with E-state index in [0.29, 0.717) is 5.13 Å². The van der Waals surface area contributed by atoms with Crippen LogP contribution in [-0.2, 0) is 0 Å². The van der Waals surface area contributed by atoms with E-state index in [1.807, 2.05) is 44.1 Å². The van der Waals surface area contributed by atoms with Gasteiger partial charge in [0.25, 0.3) is 5.13 Å². The molecular formula is C11H14N6S. The van der Waals surface area contributed by atoms with Crippen LogP contribution in [-0.4, -0.2) is 29.3 Å². The molecule has 0 aromatic carbocycles. The SMILES string of the molecule is CC(N=Nc1nnc(N(C)C)s1)c1ccccn1. The molecule has 0 fully saturated rings. The summed E-state index contributed by atoms with van der Waals surface area (Å²) >= 11 is 1.40. The summed E-state index contributed by atoms with van der Waals surface area (Å²) in [5, 5.41) is 17.6. The highest BCUT2D eigenvalue weighted by Gasteiger charge is 2.07. The van der Waals surface area contributed by atoms with Crippen molar-refractivity contribution in [2.45, 2.75) is 13.0 Å². The molecule has 0 radical (unpaired) electrons. The minimum Gasteiger partial charge on any atom is -0.353 e. The second kappa shape index (κ2) is 5.63. The molecule has 2 aromatic rings. The van der Waals surface area contributed by atoms with Gasteiger partial charge in [-0.25, -0.2) is 0 Å². The Morgan fingerprint density at radius 2 is 2.11 bits per heavy atom. The summed E-state index contributed by atoms with van der Waals surface area (Å²) in [7, 11) is 3.83. The maximum Gasteiger partial charge on any atom is 0.253 e. The van der Waals surface area contributed by atoms with Crippen LogP contribution in [0.1, 0.15) is 18.7 Å². The van der Waals surface area contributed by atoms with Gasteiger partial charge in [0.2, 0.25) is 5.13 Å². The number of hydrogen-bond donors (Lipinski definition) is 0. The topological polar surface area (TPSA) is 66.6 Å². The van der Waals surface area contributed by atoms with Gasteiger partial charge in [-0.1, -0.05) is 17.4 Å². The number of rotatable bonds is 4. The molecule has 0 aliphatic heterocycles. The molecule has 18 heavy (non-hydrogen) atoms. The highest BCUT2D eigenvalue weighted by molar-refractivity contribution is 7.18. The number of azo groups is 1. The monoisotopic (exact) mass is 262 g/mol. The minimum atomic E-state index is -0.0853.